The third-order valence-electron chi connectivity index (χ3n) is 4.78. The zero-order chi connectivity index (χ0) is 28.3. The van der Waals surface area contributed by atoms with E-state index in [1.54, 1.807) is 53.7 Å². The number of fused-ring (bicyclic) bond motifs is 1. The van der Waals surface area contributed by atoms with Crippen LogP contribution in [0.1, 0.15) is 47.1 Å². The summed E-state index contributed by atoms with van der Waals surface area (Å²) in [4.78, 5) is 38.1. The van der Waals surface area contributed by atoms with Gasteiger partial charge in [-0.15, -0.1) is 11.8 Å². The highest BCUT2D eigenvalue weighted by molar-refractivity contribution is 8.00. The molecular formula is C25H34N2O8S2. The smallest absolute Gasteiger partial charge is 0.355 e. The summed E-state index contributed by atoms with van der Waals surface area (Å²) in [7, 11) is -4.02. The van der Waals surface area contributed by atoms with E-state index in [1.165, 1.54) is 40.9 Å². The summed E-state index contributed by atoms with van der Waals surface area (Å²) in [5.74, 6) is -1.01. The molecule has 1 aromatic rings. The van der Waals surface area contributed by atoms with Gasteiger partial charge in [-0.05, 0) is 72.2 Å². The highest BCUT2D eigenvalue weighted by Gasteiger charge is 2.52. The monoisotopic (exact) mass is 554 g/mol. The molecule has 2 heterocycles. The Morgan fingerprint density at radius 1 is 1.08 bits per heavy atom. The van der Waals surface area contributed by atoms with Gasteiger partial charge >= 0.3 is 11.9 Å². The first kappa shape index (κ1) is 30.6. The summed E-state index contributed by atoms with van der Waals surface area (Å²) in [6, 6.07) is 5.36. The predicted octanol–water partition coefficient (Wildman–Crippen LogP) is 2.96. The number of aryl methyl sites for hydroxylation is 1. The fraction of sp³-hybridized carbons (Fsp3) is 0.480. The maximum Gasteiger partial charge on any atom is 0.355 e. The van der Waals surface area contributed by atoms with Crippen LogP contribution in [0.25, 0.3) is 0 Å². The van der Waals surface area contributed by atoms with Crippen molar-refractivity contribution in [2.24, 2.45) is 5.73 Å². The Kier molecular flexibility index (Phi) is 9.40. The number of β-lactam (4-membered cyclic amide) rings is 1. The van der Waals surface area contributed by atoms with Crippen LogP contribution in [-0.2, 0) is 34.0 Å². The molecule has 0 saturated carbocycles. The third-order valence-corrected chi connectivity index (χ3v) is 6.97. The minimum Gasteiger partial charge on any atom is -0.457 e. The van der Waals surface area contributed by atoms with Crippen molar-refractivity contribution < 1.29 is 36.8 Å². The molecule has 3 N–H and O–H groups in total. The maximum atomic E-state index is 12.7. The first-order valence-electron chi connectivity index (χ1n) is 11.4. The lowest BCUT2D eigenvalue weighted by Crippen LogP contribution is -2.68. The Morgan fingerprint density at radius 2 is 1.62 bits per heavy atom. The molecule has 0 aromatic heterocycles. The highest BCUT2D eigenvalue weighted by atomic mass is 32.2. The molecule has 10 nitrogen and oxygen atoms in total. The fourth-order valence-corrected chi connectivity index (χ4v) is 4.94. The van der Waals surface area contributed by atoms with Crippen molar-refractivity contribution in [3.8, 4) is 0 Å². The van der Waals surface area contributed by atoms with Crippen LogP contribution in [0, 0.1) is 6.92 Å². The maximum absolute atomic E-state index is 12.7. The third kappa shape index (κ3) is 8.70. The van der Waals surface area contributed by atoms with Gasteiger partial charge in [0.1, 0.15) is 28.3 Å². The van der Waals surface area contributed by atoms with Crippen LogP contribution in [-0.4, -0.2) is 64.1 Å². The van der Waals surface area contributed by atoms with E-state index in [2.05, 4.69) is 0 Å². The Morgan fingerprint density at radius 3 is 2.11 bits per heavy atom. The molecule has 1 unspecified atom stereocenters. The SMILES string of the molecule is CC(C)(C)OC(=O)C=CC1=C(C(=O)OC(C)(C)C)N2C(=O)C(N)[C@@H]2SC1.Cc1ccc(S(=O)(=O)O)cc1. The first-order valence-corrected chi connectivity index (χ1v) is 13.9. The van der Waals surface area contributed by atoms with E-state index in [9.17, 15) is 22.8 Å². The van der Waals surface area contributed by atoms with Gasteiger partial charge in [-0.1, -0.05) is 17.7 Å². The molecule has 1 amide bonds. The molecule has 12 heteroatoms. The molecule has 0 spiro atoms. The summed E-state index contributed by atoms with van der Waals surface area (Å²) >= 11 is 1.45. The topological polar surface area (TPSA) is 153 Å². The highest BCUT2D eigenvalue weighted by Crippen LogP contribution is 2.40. The minimum atomic E-state index is -4.02. The summed E-state index contributed by atoms with van der Waals surface area (Å²) in [5.41, 5.74) is 6.14. The number of nitrogens with two attached hydrogens (primary N) is 1. The lowest BCUT2D eigenvalue weighted by molar-refractivity contribution is -0.158. The molecule has 0 bridgehead atoms. The van der Waals surface area contributed by atoms with Gasteiger partial charge in [-0.25, -0.2) is 9.59 Å². The largest absolute Gasteiger partial charge is 0.457 e. The van der Waals surface area contributed by atoms with Crippen LogP contribution in [0.2, 0.25) is 0 Å². The molecule has 0 aliphatic carbocycles. The summed E-state index contributed by atoms with van der Waals surface area (Å²) in [6.07, 6.45) is 2.77. The van der Waals surface area contributed by atoms with Gasteiger partial charge in [0, 0.05) is 11.8 Å². The molecule has 0 radical (unpaired) electrons. The molecule has 2 atom stereocenters. The predicted molar refractivity (Wildman–Crippen MR) is 140 cm³/mol. The fourth-order valence-electron chi connectivity index (χ4n) is 3.20. The number of thioether (sulfide) groups is 1. The number of carbonyl (C=O) groups excluding carboxylic acids is 3. The van der Waals surface area contributed by atoms with Gasteiger partial charge in [-0.2, -0.15) is 8.42 Å². The van der Waals surface area contributed by atoms with Crippen LogP contribution in [0.4, 0.5) is 0 Å². The van der Waals surface area contributed by atoms with Gasteiger partial charge in [-0.3, -0.25) is 14.2 Å². The Labute approximate surface area is 222 Å². The van der Waals surface area contributed by atoms with Crippen molar-refractivity contribution in [1.82, 2.24) is 4.90 Å². The molecule has 37 heavy (non-hydrogen) atoms. The van der Waals surface area contributed by atoms with E-state index in [1.807, 2.05) is 6.92 Å². The quantitative estimate of drug-likeness (QED) is 0.246. The zero-order valence-corrected chi connectivity index (χ0v) is 23.6. The molecule has 1 aromatic carbocycles. The Balaban J connectivity index is 0.000000364. The van der Waals surface area contributed by atoms with Gasteiger partial charge in [0.2, 0.25) is 5.91 Å². The second-order valence-corrected chi connectivity index (χ2v) is 13.0. The molecular weight excluding hydrogens is 520 g/mol. The number of rotatable bonds is 4. The van der Waals surface area contributed by atoms with Crippen LogP contribution in [0.15, 0.2) is 52.6 Å². The van der Waals surface area contributed by atoms with Crippen LogP contribution < -0.4 is 5.73 Å². The zero-order valence-electron chi connectivity index (χ0n) is 22.0. The first-order chi connectivity index (χ1) is 16.8. The number of hydrogen-bond donors (Lipinski definition) is 2. The average Bonchev–Trinajstić information content (AvgIpc) is 2.74. The van der Waals surface area contributed by atoms with Gasteiger partial charge < -0.3 is 15.2 Å². The number of ether oxygens (including phenoxy) is 2. The number of carbonyl (C=O) groups is 3. The lowest BCUT2D eigenvalue weighted by atomic mass is 10.0. The summed E-state index contributed by atoms with van der Waals surface area (Å²) < 4.78 is 40.2. The molecule has 3 rings (SSSR count). The molecule has 2 aliphatic rings. The van der Waals surface area contributed by atoms with Gasteiger partial charge in [0.05, 0.1) is 4.90 Å². The number of amides is 1. The molecule has 2 aliphatic heterocycles. The number of esters is 2. The van der Waals surface area contributed by atoms with Crippen molar-refractivity contribution in [3.63, 3.8) is 0 Å². The van der Waals surface area contributed by atoms with Crippen LogP contribution >= 0.6 is 11.8 Å². The van der Waals surface area contributed by atoms with E-state index >= 15 is 0 Å². The second-order valence-electron chi connectivity index (χ2n) is 10.5. The second kappa shape index (κ2) is 11.4. The van der Waals surface area contributed by atoms with Gasteiger partial charge in [0.15, 0.2) is 0 Å². The van der Waals surface area contributed by atoms with Crippen molar-refractivity contribution in [1.29, 1.82) is 0 Å². The summed E-state index contributed by atoms with van der Waals surface area (Å²) in [5, 5.41) is -0.288. The standard InChI is InChI=1S/C18H26N2O5S.C7H8O3S/c1-17(2,3)24-11(21)8-7-10-9-26-15-12(19)14(22)20(15)13(10)16(23)25-18(4,5)6;1-6-2-4-7(5-3-6)11(8,9)10/h7-8,12,15H,9,19H2,1-6H3;2-5H,1H3,(H,8,9,10)/t12?,15-;/m0./s1. The lowest BCUT2D eigenvalue weighted by Gasteiger charge is -2.48. The number of hydrogen-bond acceptors (Lipinski definition) is 9. The van der Waals surface area contributed by atoms with E-state index in [0.717, 1.165) is 5.56 Å². The van der Waals surface area contributed by atoms with E-state index < -0.39 is 39.3 Å². The minimum absolute atomic E-state index is 0.0666. The Bertz CT molecular complexity index is 1210. The molecule has 204 valence electrons. The van der Waals surface area contributed by atoms with Crippen molar-refractivity contribution in [2.45, 2.75) is 76.0 Å². The van der Waals surface area contributed by atoms with Gasteiger partial charge in [0.25, 0.3) is 10.1 Å². The molecule has 1 saturated heterocycles. The molecule has 1 fully saturated rings. The number of allylic oxidation sites excluding steroid dienone is 1. The average molecular weight is 555 g/mol. The van der Waals surface area contributed by atoms with E-state index in [0.29, 0.717) is 11.3 Å². The summed E-state index contributed by atoms with van der Waals surface area (Å²) in [6.45, 7) is 12.4. The number of benzene rings is 1. The van der Waals surface area contributed by atoms with Crippen molar-refractivity contribution in [3.05, 3.63) is 53.3 Å². The van der Waals surface area contributed by atoms with Crippen LogP contribution in [0.5, 0.6) is 0 Å². The normalized spacial score (nSPS) is 20.0. The van der Waals surface area contributed by atoms with Crippen molar-refractivity contribution in [2.75, 3.05) is 5.75 Å². The van der Waals surface area contributed by atoms with E-state index in [-0.39, 0.29) is 21.9 Å². The number of nitrogens with zero attached hydrogens (tertiary/aromatic N) is 1. The van der Waals surface area contributed by atoms with E-state index in [4.69, 9.17) is 19.8 Å². The van der Waals surface area contributed by atoms with Crippen molar-refractivity contribution >= 4 is 39.7 Å². The van der Waals surface area contributed by atoms with Crippen LogP contribution in [0.3, 0.4) is 0 Å². The Hall–Kier alpha value is -2.67.